The van der Waals surface area contributed by atoms with Crippen molar-refractivity contribution in [1.82, 2.24) is 15.3 Å². The Hall–Kier alpha value is -1.59. The Morgan fingerprint density at radius 1 is 1.24 bits per heavy atom. The molecule has 1 spiro atoms. The van der Waals surface area contributed by atoms with Crippen LogP contribution in [0.2, 0.25) is 0 Å². The van der Waals surface area contributed by atoms with E-state index in [0.717, 1.165) is 43.4 Å². The molecule has 5 heteroatoms. The third-order valence-electron chi connectivity index (χ3n) is 5.29. The lowest BCUT2D eigenvalue weighted by Crippen LogP contribution is -2.21. The number of hydrogen-bond acceptors (Lipinski definition) is 3. The molecule has 4 rings (SSSR count). The molecular formula is C16H21N3O2. The van der Waals surface area contributed by atoms with Gasteiger partial charge < -0.3 is 20.4 Å². The summed E-state index contributed by atoms with van der Waals surface area (Å²) in [6.07, 6.45) is 3.89. The second kappa shape index (κ2) is 4.71. The van der Waals surface area contributed by atoms with Crippen LogP contribution in [0.3, 0.4) is 0 Å². The Bertz CT molecular complexity index is 712. The van der Waals surface area contributed by atoms with E-state index in [2.05, 4.69) is 21.4 Å². The molecule has 1 saturated heterocycles. The topological polar surface area (TPSA) is 80.9 Å². The molecule has 3 atom stereocenters. The highest BCUT2D eigenvalue weighted by Gasteiger charge is 2.45. The first-order chi connectivity index (χ1) is 10.1. The number of aliphatic hydroxyl groups excluding tert-OH is 1. The molecule has 1 saturated carbocycles. The minimum Gasteiger partial charge on any atom is -0.393 e. The summed E-state index contributed by atoms with van der Waals surface area (Å²) in [5, 5.41) is 13.8. The molecular weight excluding hydrogens is 266 g/mol. The Balaban J connectivity index is 1.55. The van der Waals surface area contributed by atoms with E-state index in [4.69, 9.17) is 0 Å². The molecule has 2 fully saturated rings. The fourth-order valence-corrected chi connectivity index (χ4v) is 4.25. The first kappa shape index (κ1) is 13.1. The minimum atomic E-state index is -0.203. The molecule has 1 aromatic heterocycles. The fourth-order valence-electron chi connectivity index (χ4n) is 4.25. The summed E-state index contributed by atoms with van der Waals surface area (Å²) in [4.78, 5) is 16.9. The van der Waals surface area contributed by atoms with E-state index in [1.165, 1.54) is 12.0 Å². The van der Waals surface area contributed by atoms with Crippen molar-refractivity contribution in [3.05, 3.63) is 34.2 Å². The van der Waals surface area contributed by atoms with E-state index >= 15 is 0 Å². The number of benzene rings is 1. The molecule has 21 heavy (non-hydrogen) atoms. The van der Waals surface area contributed by atoms with Crippen molar-refractivity contribution in [3.8, 4) is 0 Å². The third kappa shape index (κ3) is 2.30. The van der Waals surface area contributed by atoms with Crippen LogP contribution in [0, 0.1) is 11.3 Å². The molecule has 0 radical (unpaired) electrons. The second-order valence-electron chi connectivity index (χ2n) is 6.83. The zero-order chi connectivity index (χ0) is 14.4. The van der Waals surface area contributed by atoms with Crippen LogP contribution in [0.4, 0.5) is 0 Å². The number of H-pyrrole nitrogens is 2. The Labute approximate surface area is 122 Å². The van der Waals surface area contributed by atoms with Crippen LogP contribution in [-0.2, 0) is 6.42 Å². The summed E-state index contributed by atoms with van der Waals surface area (Å²) >= 11 is 0. The van der Waals surface area contributed by atoms with Gasteiger partial charge in [0.05, 0.1) is 17.1 Å². The van der Waals surface area contributed by atoms with Crippen molar-refractivity contribution >= 4 is 11.0 Å². The van der Waals surface area contributed by atoms with E-state index in [9.17, 15) is 9.90 Å². The Morgan fingerprint density at radius 3 is 2.90 bits per heavy atom. The molecule has 2 aromatic rings. The van der Waals surface area contributed by atoms with Gasteiger partial charge in [-0.05, 0) is 61.3 Å². The highest BCUT2D eigenvalue weighted by atomic mass is 16.3. The largest absolute Gasteiger partial charge is 0.393 e. The monoisotopic (exact) mass is 287 g/mol. The van der Waals surface area contributed by atoms with E-state index in [0.29, 0.717) is 11.3 Å². The van der Waals surface area contributed by atoms with Crippen LogP contribution < -0.4 is 11.0 Å². The normalized spacial score (nSPS) is 32.4. The molecule has 5 nitrogen and oxygen atoms in total. The van der Waals surface area contributed by atoms with E-state index in [1.807, 2.05) is 12.1 Å². The van der Waals surface area contributed by atoms with Crippen LogP contribution >= 0.6 is 0 Å². The highest BCUT2D eigenvalue weighted by Crippen LogP contribution is 2.47. The van der Waals surface area contributed by atoms with Gasteiger partial charge in [-0.25, -0.2) is 4.79 Å². The summed E-state index contributed by atoms with van der Waals surface area (Å²) < 4.78 is 0. The molecule has 1 aromatic carbocycles. The van der Waals surface area contributed by atoms with Crippen molar-refractivity contribution in [2.45, 2.75) is 31.8 Å². The predicted molar refractivity (Wildman–Crippen MR) is 81.3 cm³/mol. The average molecular weight is 287 g/mol. The van der Waals surface area contributed by atoms with Gasteiger partial charge in [0.25, 0.3) is 0 Å². The number of rotatable bonds is 2. The third-order valence-corrected chi connectivity index (χ3v) is 5.29. The van der Waals surface area contributed by atoms with E-state index < -0.39 is 0 Å². The fraction of sp³-hybridized carbons (Fsp3) is 0.562. The number of hydrogen-bond donors (Lipinski definition) is 4. The lowest BCUT2D eigenvalue weighted by Gasteiger charge is -2.21. The first-order valence-corrected chi connectivity index (χ1v) is 7.73. The van der Waals surface area contributed by atoms with Crippen molar-refractivity contribution in [1.29, 1.82) is 0 Å². The van der Waals surface area contributed by atoms with Gasteiger partial charge in [-0.1, -0.05) is 6.07 Å². The molecule has 0 amide bonds. The highest BCUT2D eigenvalue weighted by molar-refractivity contribution is 5.75. The molecule has 1 aliphatic heterocycles. The van der Waals surface area contributed by atoms with Crippen molar-refractivity contribution < 1.29 is 5.11 Å². The van der Waals surface area contributed by atoms with Crippen LogP contribution in [0.25, 0.3) is 11.0 Å². The van der Waals surface area contributed by atoms with Gasteiger partial charge in [-0.3, -0.25) is 0 Å². The number of aromatic nitrogens is 2. The van der Waals surface area contributed by atoms with Crippen molar-refractivity contribution in [3.63, 3.8) is 0 Å². The first-order valence-electron chi connectivity index (χ1n) is 7.73. The maximum Gasteiger partial charge on any atom is 0.323 e. The second-order valence-corrected chi connectivity index (χ2v) is 6.83. The quantitative estimate of drug-likeness (QED) is 0.669. The summed E-state index contributed by atoms with van der Waals surface area (Å²) in [5.41, 5.74) is 3.02. The van der Waals surface area contributed by atoms with Gasteiger partial charge in [0, 0.05) is 6.54 Å². The number of fused-ring (bicyclic) bond motifs is 1. The van der Waals surface area contributed by atoms with Crippen molar-refractivity contribution in [2.75, 3.05) is 13.1 Å². The molecule has 4 N–H and O–H groups in total. The molecule has 1 aliphatic carbocycles. The van der Waals surface area contributed by atoms with Crippen LogP contribution in [0.15, 0.2) is 23.0 Å². The smallest absolute Gasteiger partial charge is 0.323 e. The maximum atomic E-state index is 11.3. The van der Waals surface area contributed by atoms with Gasteiger partial charge in [-0.2, -0.15) is 0 Å². The van der Waals surface area contributed by atoms with Gasteiger partial charge in [0.1, 0.15) is 0 Å². The van der Waals surface area contributed by atoms with Crippen molar-refractivity contribution in [2.24, 2.45) is 11.3 Å². The Morgan fingerprint density at radius 2 is 2.10 bits per heavy atom. The van der Waals surface area contributed by atoms with Crippen LogP contribution in [-0.4, -0.2) is 34.3 Å². The number of imidazole rings is 1. The zero-order valence-electron chi connectivity index (χ0n) is 12.0. The number of aliphatic hydroxyl groups is 1. The van der Waals surface area contributed by atoms with Crippen LogP contribution in [0.1, 0.15) is 24.8 Å². The lowest BCUT2D eigenvalue weighted by molar-refractivity contribution is 0.127. The van der Waals surface area contributed by atoms with Gasteiger partial charge >= 0.3 is 5.69 Å². The SMILES string of the molecule is O=c1[nH]c2ccc(CC3CC4(CCNC4)CC3O)cc2[nH]1. The maximum absolute atomic E-state index is 11.3. The Kier molecular flexibility index (Phi) is 2.94. The molecule has 2 heterocycles. The van der Waals surface area contributed by atoms with Gasteiger partial charge in [0.2, 0.25) is 0 Å². The van der Waals surface area contributed by atoms with Gasteiger partial charge in [0.15, 0.2) is 0 Å². The molecule has 112 valence electrons. The minimum absolute atomic E-state index is 0.168. The summed E-state index contributed by atoms with van der Waals surface area (Å²) in [6, 6.07) is 6.02. The summed E-state index contributed by atoms with van der Waals surface area (Å²) in [7, 11) is 0. The van der Waals surface area contributed by atoms with E-state index in [-0.39, 0.29) is 11.8 Å². The molecule has 3 unspecified atom stereocenters. The van der Waals surface area contributed by atoms with Crippen LogP contribution in [0.5, 0.6) is 0 Å². The average Bonchev–Trinajstić information content (AvgIpc) is 3.10. The number of aromatic amines is 2. The lowest BCUT2D eigenvalue weighted by atomic mass is 9.84. The standard InChI is InChI=1S/C16H21N3O2/c20-14-8-16(3-4-17-9-16)7-11(14)5-10-1-2-12-13(6-10)19-15(21)18-12/h1-2,6,11,14,17,20H,3-5,7-9H2,(H2,18,19,21). The van der Waals surface area contributed by atoms with E-state index in [1.54, 1.807) is 0 Å². The predicted octanol–water partition coefficient (Wildman–Crippen LogP) is 1.15. The van der Waals surface area contributed by atoms with Gasteiger partial charge in [-0.15, -0.1) is 0 Å². The molecule has 0 bridgehead atoms. The molecule has 2 aliphatic rings. The summed E-state index contributed by atoms with van der Waals surface area (Å²) in [5.74, 6) is 0.327. The summed E-state index contributed by atoms with van der Waals surface area (Å²) in [6.45, 7) is 2.13. The number of nitrogens with one attached hydrogen (secondary N) is 3. The zero-order valence-corrected chi connectivity index (χ0v) is 12.0.